The van der Waals surface area contributed by atoms with Gasteiger partial charge in [0.25, 0.3) is 5.69 Å². The lowest BCUT2D eigenvalue weighted by atomic mass is 10.1. The van der Waals surface area contributed by atoms with E-state index in [0.29, 0.717) is 22.5 Å². The van der Waals surface area contributed by atoms with Crippen LogP contribution in [0.5, 0.6) is 0 Å². The highest BCUT2D eigenvalue weighted by Crippen LogP contribution is 2.25. The van der Waals surface area contributed by atoms with Crippen LogP contribution in [0.2, 0.25) is 0 Å². The molecule has 0 atom stereocenters. The van der Waals surface area contributed by atoms with Crippen LogP contribution in [0.15, 0.2) is 48.5 Å². The summed E-state index contributed by atoms with van der Waals surface area (Å²) in [6, 6.07) is 11.2. The molecule has 0 aliphatic heterocycles. The zero-order valence-corrected chi connectivity index (χ0v) is 13.8. The van der Waals surface area contributed by atoms with Gasteiger partial charge >= 0.3 is 0 Å². The number of nitro groups is 1. The molecule has 0 fully saturated rings. The van der Waals surface area contributed by atoms with E-state index in [9.17, 15) is 19.7 Å². The summed E-state index contributed by atoms with van der Waals surface area (Å²) in [5.41, 5.74) is 1.81. The highest BCUT2D eigenvalue weighted by atomic mass is 16.6. The standard InChI is InChI=1S/C18H17N3O4/c1-12(22)20-15-5-3-4-14(11-15)18(23)9-7-13-6-8-16(19-2)17(10-13)21(24)25/h3-11,19H,1-2H3,(H,20,22)/b9-7+. The van der Waals surface area contributed by atoms with Crippen LogP contribution >= 0.6 is 0 Å². The zero-order chi connectivity index (χ0) is 18.4. The van der Waals surface area contributed by atoms with E-state index in [1.54, 1.807) is 43.4 Å². The zero-order valence-electron chi connectivity index (χ0n) is 13.8. The second-order valence-corrected chi connectivity index (χ2v) is 5.24. The van der Waals surface area contributed by atoms with Gasteiger partial charge < -0.3 is 10.6 Å². The Morgan fingerprint density at radius 2 is 1.92 bits per heavy atom. The maximum atomic E-state index is 12.3. The van der Waals surface area contributed by atoms with E-state index in [0.717, 1.165) is 0 Å². The number of amides is 1. The van der Waals surface area contributed by atoms with Gasteiger partial charge in [-0.2, -0.15) is 0 Å². The van der Waals surface area contributed by atoms with Crippen molar-refractivity contribution in [1.29, 1.82) is 0 Å². The van der Waals surface area contributed by atoms with Gasteiger partial charge in [0.2, 0.25) is 5.91 Å². The SMILES string of the molecule is CNc1ccc(/C=C/C(=O)c2cccc(NC(C)=O)c2)cc1[N+](=O)[O-]. The van der Waals surface area contributed by atoms with Crippen LogP contribution in [-0.4, -0.2) is 23.7 Å². The first kappa shape index (κ1) is 17.9. The normalized spacial score (nSPS) is 10.5. The quantitative estimate of drug-likeness (QED) is 0.363. The van der Waals surface area contributed by atoms with Crippen LogP contribution in [0, 0.1) is 10.1 Å². The molecule has 0 radical (unpaired) electrons. The highest BCUT2D eigenvalue weighted by molar-refractivity contribution is 6.07. The highest BCUT2D eigenvalue weighted by Gasteiger charge is 2.12. The lowest BCUT2D eigenvalue weighted by molar-refractivity contribution is -0.384. The summed E-state index contributed by atoms with van der Waals surface area (Å²) in [6.45, 7) is 1.39. The monoisotopic (exact) mass is 339 g/mol. The van der Waals surface area contributed by atoms with Crippen molar-refractivity contribution in [3.63, 3.8) is 0 Å². The molecule has 0 saturated heterocycles. The lowest BCUT2D eigenvalue weighted by Crippen LogP contribution is -2.06. The molecule has 0 heterocycles. The van der Waals surface area contributed by atoms with Crippen LogP contribution in [0.4, 0.5) is 17.1 Å². The second-order valence-electron chi connectivity index (χ2n) is 5.24. The van der Waals surface area contributed by atoms with Gasteiger partial charge in [-0.05, 0) is 29.8 Å². The van der Waals surface area contributed by atoms with Crippen molar-refractivity contribution in [1.82, 2.24) is 0 Å². The number of anilines is 2. The lowest BCUT2D eigenvalue weighted by Gasteiger charge is -2.04. The number of nitrogens with zero attached hydrogens (tertiary/aromatic N) is 1. The van der Waals surface area contributed by atoms with E-state index in [1.807, 2.05) is 0 Å². The molecule has 128 valence electrons. The minimum atomic E-state index is -0.484. The van der Waals surface area contributed by atoms with Gasteiger partial charge in [0.05, 0.1) is 4.92 Å². The average Bonchev–Trinajstić information content (AvgIpc) is 2.59. The van der Waals surface area contributed by atoms with Crippen molar-refractivity contribution < 1.29 is 14.5 Å². The predicted octanol–water partition coefficient (Wildman–Crippen LogP) is 3.49. The van der Waals surface area contributed by atoms with Gasteiger partial charge in [-0.3, -0.25) is 19.7 Å². The third-order valence-electron chi connectivity index (χ3n) is 3.38. The van der Waals surface area contributed by atoms with Crippen molar-refractivity contribution in [2.45, 2.75) is 6.92 Å². The van der Waals surface area contributed by atoms with Crippen molar-refractivity contribution in [3.8, 4) is 0 Å². The number of rotatable bonds is 6. The molecule has 7 nitrogen and oxygen atoms in total. The molecular weight excluding hydrogens is 322 g/mol. The number of ketones is 1. The smallest absolute Gasteiger partial charge is 0.292 e. The average molecular weight is 339 g/mol. The molecule has 25 heavy (non-hydrogen) atoms. The number of hydrogen-bond acceptors (Lipinski definition) is 5. The van der Waals surface area contributed by atoms with Crippen LogP contribution < -0.4 is 10.6 Å². The van der Waals surface area contributed by atoms with Crippen molar-refractivity contribution in [2.75, 3.05) is 17.7 Å². The summed E-state index contributed by atoms with van der Waals surface area (Å²) in [7, 11) is 1.60. The van der Waals surface area contributed by atoms with Crippen LogP contribution in [0.3, 0.4) is 0 Å². The molecule has 1 amide bonds. The third-order valence-corrected chi connectivity index (χ3v) is 3.38. The number of nitro benzene ring substituents is 1. The van der Waals surface area contributed by atoms with Crippen LogP contribution in [-0.2, 0) is 4.79 Å². The molecule has 0 saturated carbocycles. The second kappa shape index (κ2) is 7.87. The fourth-order valence-corrected chi connectivity index (χ4v) is 2.24. The van der Waals surface area contributed by atoms with Crippen molar-refractivity contribution >= 4 is 34.8 Å². The van der Waals surface area contributed by atoms with Gasteiger partial charge in [-0.1, -0.05) is 24.3 Å². The molecule has 0 spiro atoms. The summed E-state index contributed by atoms with van der Waals surface area (Å²) in [5, 5.41) is 16.4. The maximum absolute atomic E-state index is 12.3. The fraction of sp³-hybridized carbons (Fsp3) is 0.111. The number of allylic oxidation sites excluding steroid dienone is 1. The van der Waals surface area contributed by atoms with E-state index in [1.165, 1.54) is 25.1 Å². The number of carbonyl (C=O) groups excluding carboxylic acids is 2. The van der Waals surface area contributed by atoms with E-state index in [-0.39, 0.29) is 17.4 Å². The van der Waals surface area contributed by atoms with Gasteiger partial charge in [-0.25, -0.2) is 0 Å². The number of nitrogens with one attached hydrogen (secondary N) is 2. The Morgan fingerprint density at radius 1 is 1.16 bits per heavy atom. The Morgan fingerprint density at radius 3 is 2.56 bits per heavy atom. The molecule has 0 bridgehead atoms. The molecule has 2 aromatic rings. The third kappa shape index (κ3) is 4.74. The molecule has 2 aromatic carbocycles. The summed E-state index contributed by atoms with van der Waals surface area (Å²) >= 11 is 0. The number of benzene rings is 2. The Bertz CT molecular complexity index is 859. The molecule has 2 N–H and O–H groups in total. The minimum absolute atomic E-state index is 0.0650. The molecule has 2 rings (SSSR count). The first-order valence-corrected chi connectivity index (χ1v) is 7.47. The van der Waals surface area contributed by atoms with Crippen LogP contribution in [0.25, 0.3) is 6.08 Å². The first-order valence-electron chi connectivity index (χ1n) is 7.47. The summed E-state index contributed by atoms with van der Waals surface area (Å²) in [6.07, 6.45) is 2.85. The largest absolute Gasteiger partial charge is 0.383 e. The van der Waals surface area contributed by atoms with Crippen LogP contribution in [0.1, 0.15) is 22.8 Å². The van der Waals surface area contributed by atoms with E-state index < -0.39 is 4.92 Å². The van der Waals surface area contributed by atoms with Gasteiger partial charge in [-0.15, -0.1) is 0 Å². The minimum Gasteiger partial charge on any atom is -0.383 e. The molecule has 0 unspecified atom stereocenters. The summed E-state index contributed by atoms with van der Waals surface area (Å²) in [4.78, 5) is 33.9. The molecule has 7 heteroatoms. The number of hydrogen-bond donors (Lipinski definition) is 2. The molecule has 0 aromatic heterocycles. The summed E-state index contributed by atoms with van der Waals surface area (Å²) in [5.74, 6) is -0.496. The Hall–Kier alpha value is -3.48. The Kier molecular flexibility index (Phi) is 5.62. The van der Waals surface area contributed by atoms with Gasteiger partial charge in [0, 0.05) is 31.3 Å². The molecular formula is C18H17N3O4. The van der Waals surface area contributed by atoms with Gasteiger partial charge in [0.15, 0.2) is 5.78 Å². The predicted molar refractivity (Wildman–Crippen MR) is 96.8 cm³/mol. The van der Waals surface area contributed by atoms with E-state index in [2.05, 4.69) is 10.6 Å². The molecule has 0 aliphatic carbocycles. The fourth-order valence-electron chi connectivity index (χ4n) is 2.24. The first-order chi connectivity index (χ1) is 11.9. The molecule has 0 aliphatic rings. The van der Waals surface area contributed by atoms with E-state index >= 15 is 0 Å². The topological polar surface area (TPSA) is 101 Å². The Labute approximate surface area is 144 Å². The van der Waals surface area contributed by atoms with E-state index in [4.69, 9.17) is 0 Å². The number of carbonyl (C=O) groups is 2. The summed E-state index contributed by atoms with van der Waals surface area (Å²) < 4.78 is 0. The van der Waals surface area contributed by atoms with Crippen molar-refractivity contribution in [3.05, 3.63) is 69.8 Å². The Balaban J connectivity index is 2.21. The van der Waals surface area contributed by atoms with Crippen molar-refractivity contribution in [2.24, 2.45) is 0 Å². The van der Waals surface area contributed by atoms with Gasteiger partial charge in [0.1, 0.15) is 5.69 Å². The maximum Gasteiger partial charge on any atom is 0.292 e.